The average molecular weight is 279 g/mol. The van der Waals surface area contributed by atoms with E-state index in [1.54, 1.807) is 0 Å². The van der Waals surface area contributed by atoms with Crippen molar-refractivity contribution < 1.29 is 9.59 Å². The first-order chi connectivity index (χ1) is 9.65. The lowest BCUT2D eigenvalue weighted by Gasteiger charge is -2.32. The summed E-state index contributed by atoms with van der Waals surface area (Å²) in [6, 6.07) is -0.00207. The van der Waals surface area contributed by atoms with Crippen molar-refractivity contribution in [2.24, 2.45) is 11.7 Å². The van der Waals surface area contributed by atoms with E-state index in [-0.39, 0.29) is 17.9 Å². The molecular weight excluding hydrogens is 254 g/mol. The molecule has 1 aliphatic heterocycles. The summed E-state index contributed by atoms with van der Waals surface area (Å²) < 4.78 is 0. The molecule has 0 spiro atoms. The van der Waals surface area contributed by atoms with Gasteiger partial charge in [0.1, 0.15) is 0 Å². The molecule has 2 aliphatic rings. The third-order valence-electron chi connectivity index (χ3n) is 4.15. The molecule has 3 N–H and O–H groups in total. The second-order valence-corrected chi connectivity index (χ2v) is 5.86. The molecule has 20 heavy (non-hydrogen) atoms. The average Bonchev–Trinajstić information content (AvgIpc) is 2.91. The summed E-state index contributed by atoms with van der Waals surface area (Å²) in [4.78, 5) is 24.9. The van der Waals surface area contributed by atoms with Gasteiger partial charge in [0, 0.05) is 26.1 Å². The van der Waals surface area contributed by atoms with Gasteiger partial charge in [0.25, 0.3) is 0 Å². The zero-order valence-corrected chi connectivity index (χ0v) is 12.1. The van der Waals surface area contributed by atoms with Crippen LogP contribution in [0.1, 0.15) is 44.9 Å². The number of carbonyl (C=O) groups excluding carboxylic acids is 2. The number of rotatable bonds is 5. The van der Waals surface area contributed by atoms with Gasteiger partial charge in [-0.2, -0.15) is 0 Å². The summed E-state index contributed by atoms with van der Waals surface area (Å²) in [5.41, 5.74) is 6.70. The number of nitrogens with zero attached hydrogens (tertiary/aromatic N) is 1. The van der Waals surface area contributed by atoms with E-state index in [0.717, 1.165) is 25.8 Å². The van der Waals surface area contributed by atoms with Crippen LogP contribution in [-0.4, -0.2) is 36.5 Å². The molecule has 3 amide bonds. The molecule has 0 radical (unpaired) electrons. The lowest BCUT2D eigenvalue weighted by atomic mass is 9.95. The second-order valence-electron chi connectivity index (χ2n) is 5.86. The second kappa shape index (κ2) is 7.31. The lowest BCUT2D eigenvalue weighted by molar-refractivity contribution is -0.119. The highest BCUT2D eigenvalue weighted by atomic mass is 16.2. The molecule has 112 valence electrons. The van der Waals surface area contributed by atoms with Gasteiger partial charge in [-0.25, -0.2) is 4.79 Å². The standard InChI is InChI=1S/C15H25N3O2/c16-14(19)10-13-6-3-9-18(11-13)15(20)17-8-7-12-4-1-2-5-12/h4,13H,1-3,5-11H2,(H2,16,19)(H,17,20). The third kappa shape index (κ3) is 4.54. The van der Waals surface area contributed by atoms with Crippen LogP contribution in [-0.2, 0) is 4.79 Å². The minimum absolute atomic E-state index is 0.00207. The van der Waals surface area contributed by atoms with Gasteiger partial charge in [-0.1, -0.05) is 11.6 Å². The quantitative estimate of drug-likeness (QED) is 0.753. The molecule has 1 aliphatic carbocycles. The van der Waals surface area contributed by atoms with E-state index < -0.39 is 0 Å². The van der Waals surface area contributed by atoms with Gasteiger partial charge in [0.2, 0.25) is 5.91 Å². The normalized spacial score (nSPS) is 22.5. The fourth-order valence-corrected chi connectivity index (χ4v) is 3.11. The molecule has 0 aromatic heterocycles. The molecule has 1 heterocycles. The first kappa shape index (κ1) is 14.9. The number of amides is 3. The Balaban J connectivity index is 1.69. The monoisotopic (exact) mass is 279 g/mol. The fourth-order valence-electron chi connectivity index (χ4n) is 3.11. The first-order valence-corrected chi connectivity index (χ1v) is 7.64. The third-order valence-corrected chi connectivity index (χ3v) is 4.15. The van der Waals surface area contributed by atoms with Gasteiger partial charge >= 0.3 is 6.03 Å². The highest BCUT2D eigenvalue weighted by Crippen LogP contribution is 2.21. The van der Waals surface area contributed by atoms with Crippen LogP contribution >= 0.6 is 0 Å². The molecule has 5 nitrogen and oxygen atoms in total. The Hall–Kier alpha value is -1.52. The molecule has 5 heteroatoms. The van der Waals surface area contributed by atoms with E-state index in [1.165, 1.54) is 24.8 Å². The SMILES string of the molecule is NC(=O)CC1CCCN(C(=O)NCCC2=CCCC2)C1. The van der Waals surface area contributed by atoms with Crippen molar-refractivity contribution in [3.8, 4) is 0 Å². The Morgan fingerprint density at radius 3 is 2.95 bits per heavy atom. The first-order valence-electron chi connectivity index (χ1n) is 7.64. The Morgan fingerprint density at radius 2 is 2.25 bits per heavy atom. The summed E-state index contributed by atoms with van der Waals surface area (Å²) in [6.07, 6.45) is 9.20. The van der Waals surface area contributed by atoms with Crippen LogP contribution < -0.4 is 11.1 Å². The summed E-state index contributed by atoms with van der Waals surface area (Å²) in [6.45, 7) is 2.14. The number of nitrogens with one attached hydrogen (secondary N) is 1. The number of nitrogens with two attached hydrogens (primary N) is 1. The van der Waals surface area contributed by atoms with Crippen molar-refractivity contribution >= 4 is 11.9 Å². The number of hydrogen-bond donors (Lipinski definition) is 2. The Kier molecular flexibility index (Phi) is 5.44. The Bertz CT molecular complexity index is 393. The van der Waals surface area contributed by atoms with Crippen LogP contribution in [0, 0.1) is 5.92 Å². The molecule has 0 bridgehead atoms. The fraction of sp³-hybridized carbons (Fsp3) is 0.733. The van der Waals surface area contributed by atoms with Crippen molar-refractivity contribution in [3.63, 3.8) is 0 Å². The van der Waals surface area contributed by atoms with Crippen LogP contribution in [0.25, 0.3) is 0 Å². The van der Waals surface area contributed by atoms with Crippen LogP contribution in [0.5, 0.6) is 0 Å². The van der Waals surface area contributed by atoms with Gasteiger partial charge < -0.3 is 16.0 Å². The summed E-state index contributed by atoms with van der Waals surface area (Å²) >= 11 is 0. The smallest absolute Gasteiger partial charge is 0.317 e. The van der Waals surface area contributed by atoms with Gasteiger partial charge in [0.05, 0.1) is 0 Å². The van der Waals surface area contributed by atoms with Crippen molar-refractivity contribution in [2.45, 2.75) is 44.9 Å². The van der Waals surface area contributed by atoms with Crippen molar-refractivity contribution in [1.82, 2.24) is 10.2 Å². The maximum Gasteiger partial charge on any atom is 0.317 e. The molecule has 1 fully saturated rings. The lowest BCUT2D eigenvalue weighted by Crippen LogP contribution is -2.46. The van der Waals surface area contributed by atoms with Crippen molar-refractivity contribution in [1.29, 1.82) is 0 Å². The minimum atomic E-state index is -0.273. The molecule has 0 aromatic carbocycles. The van der Waals surface area contributed by atoms with Gasteiger partial charge in [-0.3, -0.25) is 4.79 Å². The summed E-state index contributed by atoms with van der Waals surface area (Å²) in [5, 5.41) is 2.98. The molecule has 0 aromatic rings. The number of likely N-dealkylation sites (tertiary alicyclic amines) is 1. The van der Waals surface area contributed by atoms with Crippen LogP contribution in [0.2, 0.25) is 0 Å². The van der Waals surface area contributed by atoms with E-state index in [2.05, 4.69) is 11.4 Å². The van der Waals surface area contributed by atoms with Gasteiger partial charge in [-0.15, -0.1) is 0 Å². The number of carbonyl (C=O) groups is 2. The summed E-state index contributed by atoms with van der Waals surface area (Å²) in [5.74, 6) is -0.0463. The summed E-state index contributed by atoms with van der Waals surface area (Å²) in [7, 11) is 0. The van der Waals surface area contributed by atoms with Crippen LogP contribution in [0.15, 0.2) is 11.6 Å². The maximum absolute atomic E-state index is 12.1. The largest absolute Gasteiger partial charge is 0.370 e. The number of allylic oxidation sites excluding steroid dienone is 1. The highest BCUT2D eigenvalue weighted by molar-refractivity contribution is 5.75. The topological polar surface area (TPSA) is 75.4 Å². The zero-order chi connectivity index (χ0) is 14.4. The minimum Gasteiger partial charge on any atom is -0.370 e. The number of piperidine rings is 1. The van der Waals surface area contributed by atoms with E-state index in [9.17, 15) is 9.59 Å². The Labute approximate surface area is 120 Å². The molecule has 1 unspecified atom stereocenters. The maximum atomic E-state index is 12.1. The Morgan fingerprint density at radius 1 is 1.40 bits per heavy atom. The number of urea groups is 1. The number of hydrogen-bond acceptors (Lipinski definition) is 2. The molecule has 1 saturated heterocycles. The van der Waals surface area contributed by atoms with E-state index >= 15 is 0 Å². The molecular formula is C15H25N3O2. The molecule has 1 atom stereocenters. The van der Waals surface area contributed by atoms with Gasteiger partial charge in [0.15, 0.2) is 0 Å². The van der Waals surface area contributed by atoms with E-state index in [0.29, 0.717) is 19.5 Å². The van der Waals surface area contributed by atoms with Crippen LogP contribution in [0.4, 0.5) is 4.79 Å². The predicted molar refractivity (Wildman–Crippen MR) is 78.1 cm³/mol. The highest BCUT2D eigenvalue weighted by Gasteiger charge is 2.24. The predicted octanol–water partition coefficient (Wildman–Crippen LogP) is 1.78. The van der Waals surface area contributed by atoms with Crippen molar-refractivity contribution in [2.75, 3.05) is 19.6 Å². The van der Waals surface area contributed by atoms with E-state index in [4.69, 9.17) is 5.73 Å². The van der Waals surface area contributed by atoms with Gasteiger partial charge in [-0.05, 0) is 44.4 Å². The van der Waals surface area contributed by atoms with Crippen molar-refractivity contribution in [3.05, 3.63) is 11.6 Å². The zero-order valence-electron chi connectivity index (χ0n) is 12.1. The number of primary amides is 1. The molecule has 2 rings (SSSR count). The molecule has 0 saturated carbocycles. The van der Waals surface area contributed by atoms with Crippen LogP contribution in [0.3, 0.4) is 0 Å². The van der Waals surface area contributed by atoms with E-state index in [1.807, 2.05) is 4.90 Å².